The van der Waals surface area contributed by atoms with Gasteiger partial charge < -0.3 is 19.1 Å². The number of carbonyl (C=O) groups is 1. The van der Waals surface area contributed by atoms with Gasteiger partial charge in [-0.05, 0) is 36.8 Å². The van der Waals surface area contributed by atoms with E-state index < -0.39 is 5.82 Å². The summed E-state index contributed by atoms with van der Waals surface area (Å²) in [6, 6.07) is 11.6. The number of hydrogen-bond acceptors (Lipinski definition) is 5. The number of hydrogen-bond donors (Lipinski definition) is 0. The van der Waals surface area contributed by atoms with Gasteiger partial charge >= 0.3 is 0 Å². The van der Waals surface area contributed by atoms with E-state index in [4.69, 9.17) is 14.2 Å². The number of methoxy groups -OCH3 is 2. The molecule has 1 saturated heterocycles. The normalized spacial score (nSPS) is 14.4. The Hall–Kier alpha value is -2.64. The highest BCUT2D eigenvalue weighted by Gasteiger charge is 2.21. The van der Waals surface area contributed by atoms with Crippen LogP contribution < -0.4 is 9.47 Å². The SMILES string of the molecule is COc1ccc(OC)c(CN(CCCN2CCOCC2)C(=O)c2ccccc2F)c1. The van der Waals surface area contributed by atoms with Crippen LogP contribution in [0.15, 0.2) is 42.5 Å². The van der Waals surface area contributed by atoms with Crippen LogP contribution in [0.5, 0.6) is 11.5 Å². The summed E-state index contributed by atoms with van der Waals surface area (Å²) in [5, 5.41) is 0. The summed E-state index contributed by atoms with van der Waals surface area (Å²) in [7, 11) is 3.18. The number of ether oxygens (including phenoxy) is 3. The highest BCUT2D eigenvalue weighted by molar-refractivity contribution is 5.94. The predicted molar refractivity (Wildman–Crippen MR) is 113 cm³/mol. The van der Waals surface area contributed by atoms with Gasteiger partial charge in [0.05, 0.1) is 33.0 Å². The molecule has 0 unspecified atom stereocenters. The van der Waals surface area contributed by atoms with E-state index >= 15 is 0 Å². The lowest BCUT2D eigenvalue weighted by Crippen LogP contribution is -2.39. The van der Waals surface area contributed by atoms with Crippen molar-refractivity contribution in [3.8, 4) is 11.5 Å². The summed E-state index contributed by atoms with van der Waals surface area (Å²) < 4.78 is 30.5. The molecule has 2 aromatic rings. The highest BCUT2D eigenvalue weighted by Crippen LogP contribution is 2.26. The van der Waals surface area contributed by atoms with Gasteiger partial charge in [0.25, 0.3) is 5.91 Å². The summed E-state index contributed by atoms with van der Waals surface area (Å²) in [5.41, 5.74) is 0.888. The average Bonchev–Trinajstić information content (AvgIpc) is 2.79. The number of rotatable bonds is 9. The van der Waals surface area contributed by atoms with Crippen LogP contribution in [-0.2, 0) is 11.3 Å². The van der Waals surface area contributed by atoms with Crippen LogP contribution in [0.2, 0.25) is 0 Å². The third-order valence-electron chi connectivity index (χ3n) is 5.25. The predicted octanol–water partition coefficient (Wildman–Crippen LogP) is 3.21. The molecule has 0 aromatic heterocycles. The Balaban J connectivity index is 1.78. The zero-order valence-electron chi connectivity index (χ0n) is 17.6. The van der Waals surface area contributed by atoms with Gasteiger partial charge in [0.2, 0.25) is 0 Å². The van der Waals surface area contributed by atoms with Gasteiger partial charge in [-0.15, -0.1) is 0 Å². The van der Waals surface area contributed by atoms with Crippen molar-refractivity contribution in [2.75, 3.05) is 53.6 Å². The molecule has 3 rings (SSSR count). The summed E-state index contributed by atoms with van der Waals surface area (Å²) in [5.74, 6) is 0.492. The Bertz CT molecular complexity index is 840. The molecule has 6 nitrogen and oxygen atoms in total. The fraction of sp³-hybridized carbons (Fsp3) is 0.435. The van der Waals surface area contributed by atoms with Crippen molar-refractivity contribution >= 4 is 5.91 Å². The minimum Gasteiger partial charge on any atom is -0.497 e. The van der Waals surface area contributed by atoms with Crippen LogP contribution in [0.1, 0.15) is 22.3 Å². The zero-order valence-corrected chi connectivity index (χ0v) is 17.6. The highest BCUT2D eigenvalue weighted by atomic mass is 19.1. The second-order valence-corrected chi connectivity index (χ2v) is 7.19. The lowest BCUT2D eigenvalue weighted by molar-refractivity contribution is 0.0355. The van der Waals surface area contributed by atoms with E-state index in [0.29, 0.717) is 24.6 Å². The van der Waals surface area contributed by atoms with E-state index in [0.717, 1.165) is 44.8 Å². The third-order valence-corrected chi connectivity index (χ3v) is 5.25. The maximum Gasteiger partial charge on any atom is 0.257 e. The van der Waals surface area contributed by atoms with Crippen molar-refractivity contribution in [3.05, 3.63) is 59.4 Å². The van der Waals surface area contributed by atoms with Gasteiger partial charge in [-0.2, -0.15) is 0 Å². The minimum atomic E-state index is -0.515. The molecule has 1 heterocycles. The minimum absolute atomic E-state index is 0.0748. The second-order valence-electron chi connectivity index (χ2n) is 7.19. The molecule has 0 aliphatic carbocycles. The quantitative estimate of drug-likeness (QED) is 0.628. The van der Waals surface area contributed by atoms with Crippen molar-refractivity contribution < 1.29 is 23.4 Å². The second kappa shape index (κ2) is 10.9. The topological polar surface area (TPSA) is 51.2 Å². The van der Waals surface area contributed by atoms with Gasteiger partial charge in [-0.3, -0.25) is 9.69 Å². The molecule has 0 N–H and O–H groups in total. The maximum absolute atomic E-state index is 14.3. The molecule has 1 amide bonds. The van der Waals surface area contributed by atoms with Gasteiger partial charge in [0.15, 0.2) is 0 Å². The van der Waals surface area contributed by atoms with Crippen molar-refractivity contribution in [1.29, 1.82) is 0 Å². The van der Waals surface area contributed by atoms with Crippen LogP contribution in [0.4, 0.5) is 4.39 Å². The molecule has 162 valence electrons. The fourth-order valence-electron chi connectivity index (χ4n) is 3.58. The van der Waals surface area contributed by atoms with Crippen molar-refractivity contribution in [3.63, 3.8) is 0 Å². The average molecular weight is 416 g/mol. The van der Waals surface area contributed by atoms with Crippen LogP contribution >= 0.6 is 0 Å². The molecule has 0 saturated carbocycles. The molecule has 0 atom stereocenters. The van der Waals surface area contributed by atoms with Crippen LogP contribution in [-0.4, -0.2) is 69.3 Å². The monoisotopic (exact) mass is 416 g/mol. The summed E-state index contributed by atoms with van der Waals surface area (Å²) in [4.78, 5) is 17.2. The van der Waals surface area contributed by atoms with E-state index in [2.05, 4.69) is 4.90 Å². The zero-order chi connectivity index (χ0) is 21.3. The van der Waals surface area contributed by atoms with Gasteiger partial charge in [-0.25, -0.2) is 4.39 Å². The Labute approximate surface area is 177 Å². The molecule has 30 heavy (non-hydrogen) atoms. The van der Waals surface area contributed by atoms with E-state index in [-0.39, 0.29) is 11.5 Å². The standard InChI is InChI=1S/C23H29FN2O4/c1-28-19-8-9-22(29-2)18(16-19)17-26(11-5-10-25-12-14-30-15-13-25)23(27)20-6-3-4-7-21(20)24/h3-4,6-9,16H,5,10-15,17H2,1-2H3. The number of benzene rings is 2. The fourth-order valence-corrected chi connectivity index (χ4v) is 3.58. The Morgan fingerprint density at radius 3 is 2.60 bits per heavy atom. The number of carbonyl (C=O) groups excluding carboxylic acids is 1. The summed E-state index contributed by atoms with van der Waals surface area (Å²) >= 11 is 0. The molecule has 1 aliphatic heterocycles. The first-order valence-electron chi connectivity index (χ1n) is 10.2. The lowest BCUT2D eigenvalue weighted by atomic mass is 10.1. The third kappa shape index (κ3) is 5.70. The van der Waals surface area contributed by atoms with Gasteiger partial charge in [0.1, 0.15) is 17.3 Å². The largest absolute Gasteiger partial charge is 0.497 e. The molecule has 1 fully saturated rings. The van der Waals surface area contributed by atoms with Crippen molar-refractivity contribution in [2.24, 2.45) is 0 Å². The van der Waals surface area contributed by atoms with E-state index in [9.17, 15) is 9.18 Å². The maximum atomic E-state index is 14.3. The van der Waals surface area contributed by atoms with Crippen molar-refractivity contribution in [1.82, 2.24) is 9.80 Å². The van der Waals surface area contributed by atoms with Gasteiger partial charge in [-0.1, -0.05) is 12.1 Å². The first-order chi connectivity index (χ1) is 14.6. The first-order valence-corrected chi connectivity index (χ1v) is 10.2. The number of amides is 1. The molecule has 0 spiro atoms. The smallest absolute Gasteiger partial charge is 0.257 e. The Morgan fingerprint density at radius 2 is 1.90 bits per heavy atom. The molecule has 0 bridgehead atoms. The molecular formula is C23H29FN2O4. The lowest BCUT2D eigenvalue weighted by Gasteiger charge is -2.29. The van der Waals surface area contributed by atoms with Crippen LogP contribution in [0, 0.1) is 5.82 Å². The van der Waals surface area contributed by atoms with E-state index in [1.165, 1.54) is 12.1 Å². The number of nitrogens with zero attached hydrogens (tertiary/aromatic N) is 2. The molecular weight excluding hydrogens is 387 g/mol. The Kier molecular flexibility index (Phi) is 8.04. The number of halogens is 1. The molecule has 7 heteroatoms. The molecule has 2 aromatic carbocycles. The van der Waals surface area contributed by atoms with Gasteiger partial charge in [0, 0.05) is 38.3 Å². The van der Waals surface area contributed by atoms with Crippen LogP contribution in [0.3, 0.4) is 0 Å². The molecule has 0 radical (unpaired) electrons. The number of morpholine rings is 1. The first kappa shape index (κ1) is 22.1. The van der Waals surface area contributed by atoms with E-state index in [1.54, 1.807) is 31.3 Å². The summed E-state index contributed by atoms with van der Waals surface area (Å²) in [6.45, 7) is 4.93. The molecule has 1 aliphatic rings. The summed E-state index contributed by atoms with van der Waals surface area (Å²) in [6.07, 6.45) is 0.784. The van der Waals surface area contributed by atoms with Crippen molar-refractivity contribution in [2.45, 2.75) is 13.0 Å². The van der Waals surface area contributed by atoms with Crippen LogP contribution in [0.25, 0.3) is 0 Å². The van der Waals surface area contributed by atoms with E-state index in [1.807, 2.05) is 18.2 Å². The Morgan fingerprint density at radius 1 is 1.13 bits per heavy atom.